The van der Waals surface area contributed by atoms with Gasteiger partial charge in [-0.3, -0.25) is 4.79 Å². The van der Waals surface area contributed by atoms with Gasteiger partial charge in [-0.1, -0.05) is 36.4 Å². The maximum absolute atomic E-state index is 13.1. The number of aryl methyl sites for hydroxylation is 4. The molecule has 2 aromatic carbocycles. The van der Waals surface area contributed by atoms with Crippen LogP contribution in [0.5, 0.6) is 5.75 Å². The number of benzene rings is 2. The number of Topliss-reactive ketones (excluding diaryl/α,β-unsaturated/α-hetero) is 1. The van der Waals surface area contributed by atoms with Gasteiger partial charge in [-0.25, -0.2) is 9.97 Å². The fourth-order valence-corrected chi connectivity index (χ4v) is 5.41. The van der Waals surface area contributed by atoms with Crippen LogP contribution in [0.25, 0.3) is 0 Å². The molecule has 1 fully saturated rings. The van der Waals surface area contributed by atoms with Crippen LogP contribution in [0.2, 0.25) is 0 Å². The summed E-state index contributed by atoms with van der Waals surface area (Å²) in [6.07, 6.45) is 2.87. The highest BCUT2D eigenvalue weighted by Gasteiger charge is 2.44. The van der Waals surface area contributed by atoms with Gasteiger partial charge in [-0.15, -0.1) is 0 Å². The first-order chi connectivity index (χ1) is 15.8. The average Bonchev–Trinajstić information content (AvgIpc) is 2.76. The number of ketones is 1. The van der Waals surface area contributed by atoms with Crippen molar-refractivity contribution in [3.63, 3.8) is 0 Å². The third-order valence-electron chi connectivity index (χ3n) is 7.03. The average molecular weight is 442 g/mol. The quantitative estimate of drug-likeness (QED) is 0.552. The molecule has 3 heterocycles. The molecule has 0 aliphatic carbocycles. The zero-order valence-electron chi connectivity index (χ0n) is 19.9. The maximum Gasteiger partial charge on any atom is 0.170 e. The number of hydrogen-bond acceptors (Lipinski definition) is 5. The first-order valence-corrected chi connectivity index (χ1v) is 11.8. The summed E-state index contributed by atoms with van der Waals surface area (Å²) in [6.45, 7) is 9.71. The van der Waals surface area contributed by atoms with Gasteiger partial charge in [0.15, 0.2) is 5.78 Å². The molecule has 0 N–H and O–H groups in total. The van der Waals surface area contributed by atoms with E-state index < -0.39 is 5.60 Å². The van der Waals surface area contributed by atoms with E-state index in [4.69, 9.17) is 9.72 Å². The largest absolute Gasteiger partial charge is 0.486 e. The molecule has 0 unspecified atom stereocenters. The first kappa shape index (κ1) is 21.6. The van der Waals surface area contributed by atoms with E-state index in [0.717, 1.165) is 72.1 Å². The Kier molecular flexibility index (Phi) is 5.43. The molecule has 1 spiro atoms. The maximum atomic E-state index is 13.1. The summed E-state index contributed by atoms with van der Waals surface area (Å²) in [5.41, 5.74) is 5.96. The minimum absolute atomic E-state index is 0.209. The summed E-state index contributed by atoms with van der Waals surface area (Å²) in [7, 11) is 0. The molecule has 5 rings (SSSR count). The molecule has 2 aliphatic rings. The molecule has 0 amide bonds. The molecule has 1 saturated heterocycles. The van der Waals surface area contributed by atoms with Gasteiger partial charge in [0.1, 0.15) is 23.0 Å². The van der Waals surface area contributed by atoms with Crippen LogP contribution >= 0.6 is 0 Å². The number of rotatable bonds is 3. The van der Waals surface area contributed by atoms with Crippen LogP contribution in [0, 0.1) is 27.7 Å². The minimum atomic E-state index is -0.419. The molecule has 2 aliphatic heterocycles. The molecule has 1 aromatic heterocycles. The standard InChI is InChI=1S/C28H31N3O2/c1-18-14-19(2)26-24(32)17-28(33-25(26)15-18)10-12-31(13-11-28)27-23(20(3)29-21(4)30-27)16-22-8-6-5-7-9-22/h5-9,14-15H,10-13,16-17H2,1-4H3. The number of nitrogens with zero attached hydrogens (tertiary/aromatic N) is 3. The number of fused-ring (bicyclic) bond motifs is 1. The number of aromatic nitrogens is 2. The number of ether oxygens (including phenoxy) is 1. The number of piperidine rings is 1. The molecule has 0 bridgehead atoms. The molecule has 0 atom stereocenters. The summed E-state index contributed by atoms with van der Waals surface area (Å²) >= 11 is 0. The lowest BCUT2D eigenvalue weighted by molar-refractivity contribution is 0.0229. The lowest BCUT2D eigenvalue weighted by Crippen LogP contribution is -2.51. The lowest BCUT2D eigenvalue weighted by atomic mass is 9.81. The van der Waals surface area contributed by atoms with Crippen LogP contribution in [0.15, 0.2) is 42.5 Å². The SMILES string of the molecule is Cc1cc(C)c2c(c1)OC1(CCN(c3nc(C)nc(C)c3Cc3ccccc3)CC1)CC2=O. The monoisotopic (exact) mass is 441 g/mol. The molecule has 170 valence electrons. The van der Waals surface area contributed by atoms with Crippen molar-refractivity contribution in [1.29, 1.82) is 0 Å². The molecule has 0 saturated carbocycles. The molecular formula is C28H31N3O2. The second-order valence-corrected chi connectivity index (χ2v) is 9.65. The summed E-state index contributed by atoms with van der Waals surface area (Å²) in [4.78, 5) is 25.0. The van der Waals surface area contributed by atoms with Crippen molar-refractivity contribution in [3.8, 4) is 5.75 Å². The molecule has 0 radical (unpaired) electrons. The van der Waals surface area contributed by atoms with Gasteiger partial charge >= 0.3 is 0 Å². The van der Waals surface area contributed by atoms with Gasteiger partial charge in [0.05, 0.1) is 12.0 Å². The highest BCUT2D eigenvalue weighted by Crippen LogP contribution is 2.42. The van der Waals surface area contributed by atoms with Crippen molar-refractivity contribution < 1.29 is 9.53 Å². The Morgan fingerprint density at radius 2 is 1.73 bits per heavy atom. The van der Waals surface area contributed by atoms with Crippen LogP contribution < -0.4 is 9.64 Å². The summed E-state index contributed by atoms with van der Waals surface area (Å²) in [6, 6.07) is 14.6. The van der Waals surface area contributed by atoms with Gasteiger partial charge in [0.2, 0.25) is 0 Å². The molecule has 5 heteroatoms. The lowest BCUT2D eigenvalue weighted by Gasteiger charge is -2.45. The Hall–Kier alpha value is -3.21. The third kappa shape index (κ3) is 4.12. The van der Waals surface area contributed by atoms with Crippen molar-refractivity contribution in [3.05, 3.63) is 81.8 Å². The predicted molar refractivity (Wildman–Crippen MR) is 130 cm³/mol. The molecule has 3 aromatic rings. The summed E-state index contributed by atoms with van der Waals surface area (Å²) in [5.74, 6) is 2.79. The Bertz CT molecular complexity index is 1210. The van der Waals surface area contributed by atoms with E-state index in [1.807, 2.05) is 26.0 Å². The van der Waals surface area contributed by atoms with E-state index in [0.29, 0.717) is 6.42 Å². The van der Waals surface area contributed by atoms with Crippen LogP contribution in [-0.4, -0.2) is 34.4 Å². The van der Waals surface area contributed by atoms with E-state index in [-0.39, 0.29) is 5.78 Å². The number of carbonyl (C=O) groups is 1. The highest BCUT2D eigenvalue weighted by atomic mass is 16.5. The van der Waals surface area contributed by atoms with E-state index in [1.54, 1.807) is 0 Å². The fraction of sp³-hybridized carbons (Fsp3) is 0.393. The summed E-state index contributed by atoms with van der Waals surface area (Å²) in [5, 5.41) is 0. The van der Waals surface area contributed by atoms with Crippen molar-refractivity contribution in [2.24, 2.45) is 0 Å². The predicted octanol–water partition coefficient (Wildman–Crippen LogP) is 5.31. The van der Waals surface area contributed by atoms with Crippen LogP contribution in [-0.2, 0) is 6.42 Å². The molecular weight excluding hydrogens is 410 g/mol. The van der Waals surface area contributed by atoms with E-state index >= 15 is 0 Å². The van der Waals surface area contributed by atoms with Crippen LogP contribution in [0.1, 0.15) is 63.4 Å². The Morgan fingerprint density at radius 3 is 2.45 bits per heavy atom. The van der Waals surface area contributed by atoms with E-state index in [2.05, 4.69) is 54.1 Å². The van der Waals surface area contributed by atoms with Crippen molar-refractivity contribution in [2.75, 3.05) is 18.0 Å². The zero-order valence-corrected chi connectivity index (χ0v) is 19.9. The fourth-order valence-electron chi connectivity index (χ4n) is 5.41. The number of hydrogen-bond donors (Lipinski definition) is 0. The van der Waals surface area contributed by atoms with E-state index in [1.165, 1.54) is 11.1 Å². The van der Waals surface area contributed by atoms with Crippen molar-refractivity contribution in [1.82, 2.24) is 9.97 Å². The zero-order chi connectivity index (χ0) is 23.2. The second kappa shape index (κ2) is 8.29. The Balaban J connectivity index is 1.40. The normalized spacial score (nSPS) is 17.1. The summed E-state index contributed by atoms with van der Waals surface area (Å²) < 4.78 is 6.57. The second-order valence-electron chi connectivity index (χ2n) is 9.65. The van der Waals surface area contributed by atoms with Gasteiger partial charge in [0.25, 0.3) is 0 Å². The molecule has 5 nitrogen and oxygen atoms in total. The topological polar surface area (TPSA) is 55.3 Å². The Morgan fingerprint density at radius 1 is 1.00 bits per heavy atom. The highest BCUT2D eigenvalue weighted by molar-refractivity contribution is 6.01. The third-order valence-corrected chi connectivity index (χ3v) is 7.03. The van der Waals surface area contributed by atoms with Crippen molar-refractivity contribution in [2.45, 2.75) is 59.0 Å². The van der Waals surface area contributed by atoms with Gasteiger partial charge in [-0.05, 0) is 50.5 Å². The van der Waals surface area contributed by atoms with Gasteiger partial charge < -0.3 is 9.64 Å². The van der Waals surface area contributed by atoms with E-state index in [9.17, 15) is 4.79 Å². The number of anilines is 1. The minimum Gasteiger partial charge on any atom is -0.486 e. The van der Waals surface area contributed by atoms with Crippen LogP contribution in [0.4, 0.5) is 5.82 Å². The Labute approximate surface area is 195 Å². The first-order valence-electron chi connectivity index (χ1n) is 11.8. The molecule has 33 heavy (non-hydrogen) atoms. The van der Waals surface area contributed by atoms with Crippen LogP contribution in [0.3, 0.4) is 0 Å². The smallest absolute Gasteiger partial charge is 0.170 e. The number of carbonyl (C=O) groups excluding carboxylic acids is 1. The van der Waals surface area contributed by atoms with Gasteiger partial charge in [-0.2, -0.15) is 0 Å². The van der Waals surface area contributed by atoms with Gasteiger partial charge in [0, 0.05) is 43.6 Å². The van der Waals surface area contributed by atoms with Crippen molar-refractivity contribution >= 4 is 11.6 Å².